The second kappa shape index (κ2) is 14.2. The lowest BCUT2D eigenvalue weighted by Gasteiger charge is -2.33. The van der Waals surface area contributed by atoms with E-state index in [4.69, 9.17) is 32.7 Å². The van der Waals surface area contributed by atoms with E-state index >= 15 is 0 Å². The van der Waals surface area contributed by atoms with Crippen LogP contribution in [0, 0.1) is 0 Å². The van der Waals surface area contributed by atoms with E-state index in [1.807, 2.05) is 48.5 Å². The van der Waals surface area contributed by atoms with Crippen LogP contribution in [0.5, 0.6) is 11.5 Å². The van der Waals surface area contributed by atoms with Crippen molar-refractivity contribution in [2.24, 2.45) is 0 Å². The van der Waals surface area contributed by atoms with Crippen LogP contribution >= 0.6 is 23.2 Å². The van der Waals surface area contributed by atoms with Gasteiger partial charge in [0.05, 0.1) is 17.2 Å². The Kier molecular flexibility index (Phi) is 10.5. The molecular formula is C31H34Cl2N2O4. The van der Waals surface area contributed by atoms with Crippen molar-refractivity contribution in [3.63, 3.8) is 0 Å². The van der Waals surface area contributed by atoms with Gasteiger partial charge in [-0.1, -0.05) is 91.0 Å². The van der Waals surface area contributed by atoms with Crippen molar-refractivity contribution in [1.29, 1.82) is 0 Å². The van der Waals surface area contributed by atoms with E-state index in [1.54, 1.807) is 36.3 Å². The van der Waals surface area contributed by atoms with Gasteiger partial charge in [-0.3, -0.25) is 9.59 Å². The van der Waals surface area contributed by atoms with Crippen molar-refractivity contribution in [1.82, 2.24) is 10.2 Å². The van der Waals surface area contributed by atoms with Gasteiger partial charge in [-0.15, -0.1) is 0 Å². The van der Waals surface area contributed by atoms with Crippen molar-refractivity contribution in [2.45, 2.75) is 57.2 Å². The Labute approximate surface area is 240 Å². The second-order valence-corrected chi connectivity index (χ2v) is 10.6. The molecule has 1 fully saturated rings. The molecule has 1 aliphatic carbocycles. The van der Waals surface area contributed by atoms with Crippen LogP contribution in [0.3, 0.4) is 0 Å². The maximum Gasteiger partial charge on any atom is 0.261 e. The smallest absolute Gasteiger partial charge is 0.261 e. The zero-order valence-corrected chi connectivity index (χ0v) is 23.6. The van der Waals surface area contributed by atoms with Crippen molar-refractivity contribution < 1.29 is 19.1 Å². The Balaban J connectivity index is 1.63. The Bertz CT molecular complexity index is 1250. The number of ether oxygens (including phenoxy) is 2. The number of amides is 2. The monoisotopic (exact) mass is 568 g/mol. The van der Waals surface area contributed by atoms with E-state index in [0.717, 1.165) is 36.8 Å². The highest BCUT2D eigenvalue weighted by atomic mass is 35.5. The third kappa shape index (κ3) is 8.13. The van der Waals surface area contributed by atoms with Crippen molar-refractivity contribution in [2.75, 3.05) is 13.7 Å². The lowest BCUT2D eigenvalue weighted by atomic mass is 9.94. The average Bonchev–Trinajstić information content (AvgIpc) is 2.96. The highest BCUT2D eigenvalue weighted by Crippen LogP contribution is 2.27. The molecule has 2 amide bonds. The summed E-state index contributed by atoms with van der Waals surface area (Å²) in [6.45, 7) is -0.0930. The van der Waals surface area contributed by atoms with Crippen LogP contribution < -0.4 is 14.8 Å². The van der Waals surface area contributed by atoms with Crippen molar-refractivity contribution in [3.8, 4) is 11.5 Å². The molecule has 1 saturated carbocycles. The van der Waals surface area contributed by atoms with Crippen molar-refractivity contribution >= 4 is 35.0 Å². The summed E-state index contributed by atoms with van der Waals surface area (Å²) in [6.07, 6.45) is 5.62. The number of benzene rings is 3. The fourth-order valence-corrected chi connectivity index (χ4v) is 5.21. The minimum absolute atomic E-state index is 0.108. The number of nitrogens with one attached hydrogen (secondary N) is 1. The molecule has 0 spiro atoms. The van der Waals surface area contributed by atoms with Gasteiger partial charge >= 0.3 is 0 Å². The van der Waals surface area contributed by atoms with Gasteiger partial charge in [0.1, 0.15) is 6.04 Å². The van der Waals surface area contributed by atoms with E-state index < -0.39 is 6.04 Å². The first-order chi connectivity index (χ1) is 18.9. The standard InChI is InChI=1S/C31H34Cl2N2O4/c1-38-28-14-8-9-15-29(28)39-21-30(36)35(20-23-16-17-25(32)26(33)18-23)27(19-22-10-4-2-5-11-22)31(37)34-24-12-6-3-7-13-24/h2,4-5,8-11,14-18,24,27H,3,6-7,12-13,19-21H2,1H3,(H,34,37)/t27-/m1/s1. The third-order valence-electron chi connectivity index (χ3n) is 6.98. The number of halogens is 2. The van der Waals surface area contributed by atoms with E-state index in [2.05, 4.69) is 5.32 Å². The van der Waals surface area contributed by atoms with Crippen LogP contribution in [-0.2, 0) is 22.6 Å². The van der Waals surface area contributed by atoms with E-state index in [1.165, 1.54) is 6.42 Å². The van der Waals surface area contributed by atoms with Crippen LogP contribution in [0.15, 0.2) is 72.8 Å². The molecule has 3 aromatic carbocycles. The van der Waals surface area contributed by atoms with Crippen LogP contribution in [0.2, 0.25) is 10.0 Å². The molecule has 1 atom stereocenters. The highest BCUT2D eigenvalue weighted by molar-refractivity contribution is 6.42. The third-order valence-corrected chi connectivity index (χ3v) is 7.72. The van der Waals surface area contributed by atoms with Crippen LogP contribution in [0.25, 0.3) is 0 Å². The summed E-state index contributed by atoms with van der Waals surface area (Å²) in [6, 6.07) is 21.5. The van der Waals surface area contributed by atoms with Gasteiger partial charge in [-0.05, 0) is 48.2 Å². The maximum absolute atomic E-state index is 13.8. The molecule has 8 heteroatoms. The van der Waals surface area contributed by atoms with Gasteiger partial charge in [-0.2, -0.15) is 0 Å². The predicted molar refractivity (Wildman–Crippen MR) is 154 cm³/mol. The molecule has 0 radical (unpaired) electrons. The molecule has 206 valence electrons. The maximum atomic E-state index is 13.8. The summed E-state index contributed by atoms with van der Waals surface area (Å²) in [4.78, 5) is 29.2. The fourth-order valence-electron chi connectivity index (χ4n) is 4.89. The van der Waals surface area contributed by atoms with Crippen LogP contribution in [0.1, 0.15) is 43.2 Å². The first-order valence-electron chi connectivity index (χ1n) is 13.3. The number of nitrogens with zero attached hydrogens (tertiary/aromatic N) is 1. The largest absolute Gasteiger partial charge is 0.493 e. The van der Waals surface area contributed by atoms with Gasteiger partial charge in [0.15, 0.2) is 18.1 Å². The number of para-hydroxylation sites is 2. The topological polar surface area (TPSA) is 67.9 Å². The Morgan fingerprint density at radius 1 is 0.897 bits per heavy atom. The summed E-state index contributed by atoms with van der Waals surface area (Å²) in [5, 5.41) is 4.04. The molecule has 3 aromatic rings. The molecular weight excluding hydrogens is 535 g/mol. The molecule has 0 bridgehead atoms. The van der Waals surface area contributed by atoms with Crippen molar-refractivity contribution in [3.05, 3.63) is 94.0 Å². The first kappa shape index (κ1) is 28.8. The second-order valence-electron chi connectivity index (χ2n) is 9.76. The summed E-state index contributed by atoms with van der Waals surface area (Å²) < 4.78 is 11.3. The normalized spacial score (nSPS) is 14.3. The summed E-state index contributed by atoms with van der Waals surface area (Å²) >= 11 is 12.4. The van der Waals surface area contributed by atoms with Gasteiger partial charge in [0.2, 0.25) is 5.91 Å². The van der Waals surface area contributed by atoms with Gasteiger partial charge in [-0.25, -0.2) is 0 Å². The Hall–Kier alpha value is -3.22. The van der Waals surface area contributed by atoms with Gasteiger partial charge < -0.3 is 19.7 Å². The minimum atomic E-state index is -0.752. The van der Waals surface area contributed by atoms with Crippen LogP contribution in [-0.4, -0.2) is 42.5 Å². The summed E-state index contributed by atoms with van der Waals surface area (Å²) in [5.74, 6) is 0.481. The number of rotatable bonds is 11. The number of carbonyl (C=O) groups is 2. The molecule has 0 aliphatic heterocycles. The number of carbonyl (C=O) groups excluding carboxylic acids is 2. The SMILES string of the molecule is COc1ccccc1OCC(=O)N(Cc1ccc(Cl)c(Cl)c1)[C@H](Cc1ccccc1)C(=O)NC1CCCCC1. The summed E-state index contributed by atoms with van der Waals surface area (Å²) in [5.41, 5.74) is 1.72. The molecule has 6 nitrogen and oxygen atoms in total. The average molecular weight is 570 g/mol. The molecule has 1 aliphatic rings. The number of hydrogen-bond acceptors (Lipinski definition) is 4. The molecule has 0 heterocycles. The zero-order valence-electron chi connectivity index (χ0n) is 22.1. The van der Waals surface area contributed by atoms with Gasteiger partial charge in [0, 0.05) is 19.0 Å². The molecule has 4 rings (SSSR count). The lowest BCUT2D eigenvalue weighted by molar-refractivity contribution is -0.143. The minimum Gasteiger partial charge on any atom is -0.493 e. The molecule has 39 heavy (non-hydrogen) atoms. The zero-order chi connectivity index (χ0) is 27.6. The van der Waals surface area contributed by atoms with Crippen LogP contribution in [0.4, 0.5) is 0 Å². The first-order valence-corrected chi connectivity index (χ1v) is 14.0. The molecule has 1 N–H and O–H groups in total. The quantitative estimate of drug-likeness (QED) is 0.288. The Morgan fingerprint density at radius 2 is 1.59 bits per heavy atom. The van der Waals surface area contributed by atoms with E-state index in [-0.39, 0.29) is 31.0 Å². The highest BCUT2D eigenvalue weighted by Gasteiger charge is 2.32. The fraction of sp³-hybridized carbons (Fsp3) is 0.355. The van der Waals surface area contributed by atoms with E-state index in [9.17, 15) is 9.59 Å². The lowest BCUT2D eigenvalue weighted by Crippen LogP contribution is -2.53. The number of methoxy groups -OCH3 is 1. The van der Waals surface area contributed by atoms with E-state index in [0.29, 0.717) is 28.0 Å². The Morgan fingerprint density at radius 3 is 2.28 bits per heavy atom. The number of hydrogen-bond donors (Lipinski definition) is 1. The predicted octanol–water partition coefficient (Wildman–Crippen LogP) is 6.47. The van der Waals surface area contributed by atoms with Gasteiger partial charge in [0.25, 0.3) is 5.91 Å². The summed E-state index contributed by atoms with van der Waals surface area (Å²) in [7, 11) is 1.55. The molecule has 0 aromatic heterocycles. The molecule has 0 saturated heterocycles. The molecule has 0 unspecified atom stereocenters.